The first-order valence-corrected chi connectivity index (χ1v) is 11.0. The van der Waals surface area contributed by atoms with E-state index in [2.05, 4.69) is 15.3 Å². The van der Waals surface area contributed by atoms with E-state index in [1.807, 2.05) is 6.07 Å². The number of pyridine rings is 1. The van der Waals surface area contributed by atoms with Crippen molar-refractivity contribution in [1.82, 2.24) is 9.97 Å². The van der Waals surface area contributed by atoms with Crippen molar-refractivity contribution in [3.63, 3.8) is 0 Å². The molecule has 0 unspecified atom stereocenters. The number of nitrogens with one attached hydrogen (secondary N) is 1. The number of ether oxygens (including phenoxy) is 1. The minimum atomic E-state index is -0.276. The quantitative estimate of drug-likeness (QED) is 0.620. The number of amides is 1. The molecule has 30 heavy (non-hydrogen) atoms. The van der Waals surface area contributed by atoms with Crippen LogP contribution in [0.2, 0.25) is 0 Å². The smallest absolute Gasteiger partial charge is 0.259 e. The summed E-state index contributed by atoms with van der Waals surface area (Å²) in [5.41, 5.74) is 3.19. The molecule has 1 N–H and O–H groups in total. The van der Waals surface area contributed by atoms with Gasteiger partial charge < -0.3 is 9.15 Å². The maximum Gasteiger partial charge on any atom is 0.259 e. The van der Waals surface area contributed by atoms with E-state index in [1.54, 1.807) is 24.6 Å². The van der Waals surface area contributed by atoms with Crippen molar-refractivity contribution in [1.29, 1.82) is 0 Å². The molecule has 8 heteroatoms. The van der Waals surface area contributed by atoms with Gasteiger partial charge in [0.1, 0.15) is 10.6 Å². The number of ketones is 1. The van der Waals surface area contributed by atoms with Crippen LogP contribution in [0.1, 0.15) is 50.5 Å². The molecular weight excluding hydrogens is 402 g/mol. The Labute approximate surface area is 177 Å². The lowest BCUT2D eigenvalue weighted by Gasteiger charge is -2.20. The van der Waals surface area contributed by atoms with E-state index in [0.29, 0.717) is 53.1 Å². The molecule has 0 aromatic carbocycles. The number of rotatable bonds is 5. The van der Waals surface area contributed by atoms with Crippen LogP contribution in [0.25, 0.3) is 11.5 Å². The van der Waals surface area contributed by atoms with Crippen molar-refractivity contribution in [2.75, 3.05) is 18.5 Å². The molecule has 7 nitrogen and oxygen atoms in total. The first kappa shape index (κ1) is 19.1. The average Bonchev–Trinajstić information content (AvgIpc) is 3.53. The maximum absolute atomic E-state index is 13.2. The zero-order chi connectivity index (χ0) is 20.5. The van der Waals surface area contributed by atoms with Crippen LogP contribution in [0, 0.1) is 5.92 Å². The normalized spacial score (nSPS) is 16.4. The molecule has 4 heterocycles. The van der Waals surface area contributed by atoms with Gasteiger partial charge in [-0.3, -0.25) is 19.9 Å². The van der Waals surface area contributed by atoms with Gasteiger partial charge in [0.25, 0.3) is 5.91 Å². The largest absolute Gasteiger partial charge is 0.463 e. The Bertz CT molecular complexity index is 1080. The Kier molecular flexibility index (Phi) is 5.18. The number of hydrogen-bond donors (Lipinski definition) is 1. The molecule has 3 aromatic rings. The van der Waals surface area contributed by atoms with Gasteiger partial charge in [0.15, 0.2) is 16.7 Å². The number of anilines is 1. The number of carbonyl (C=O) groups excluding carboxylic acids is 2. The lowest BCUT2D eigenvalue weighted by molar-refractivity contribution is 0.0547. The van der Waals surface area contributed by atoms with Crippen LogP contribution >= 0.6 is 11.3 Å². The molecule has 1 fully saturated rings. The minimum absolute atomic E-state index is 0.0295. The molecule has 0 atom stereocenters. The summed E-state index contributed by atoms with van der Waals surface area (Å²) in [5.74, 6) is 0.169. The first-order chi connectivity index (χ1) is 14.7. The molecule has 1 aliphatic carbocycles. The number of thiazole rings is 1. The van der Waals surface area contributed by atoms with Gasteiger partial charge in [-0.1, -0.05) is 11.3 Å². The van der Waals surface area contributed by atoms with Crippen LogP contribution in [0.3, 0.4) is 0 Å². The summed E-state index contributed by atoms with van der Waals surface area (Å²) in [5, 5.41) is 3.22. The Morgan fingerprint density at radius 3 is 2.87 bits per heavy atom. The summed E-state index contributed by atoms with van der Waals surface area (Å²) in [4.78, 5) is 35.4. The highest BCUT2D eigenvalue weighted by Crippen LogP contribution is 2.35. The molecule has 1 aliphatic heterocycles. The zero-order valence-corrected chi connectivity index (χ0v) is 17.2. The molecule has 1 amide bonds. The third-order valence-corrected chi connectivity index (χ3v) is 6.59. The van der Waals surface area contributed by atoms with E-state index >= 15 is 0 Å². The number of furan rings is 1. The molecule has 1 saturated heterocycles. The summed E-state index contributed by atoms with van der Waals surface area (Å²) < 4.78 is 10.9. The number of aromatic nitrogens is 2. The van der Waals surface area contributed by atoms with E-state index in [1.165, 1.54) is 11.3 Å². The van der Waals surface area contributed by atoms with Crippen molar-refractivity contribution < 1.29 is 18.7 Å². The Morgan fingerprint density at radius 2 is 2.07 bits per heavy atom. The minimum Gasteiger partial charge on any atom is -0.463 e. The topological polar surface area (TPSA) is 94.3 Å². The van der Waals surface area contributed by atoms with Crippen LogP contribution < -0.4 is 5.32 Å². The fraction of sp³-hybridized carbons (Fsp3) is 0.364. The highest BCUT2D eigenvalue weighted by Gasteiger charge is 2.29. The number of nitrogens with zero attached hydrogens (tertiary/aromatic N) is 2. The predicted octanol–water partition coefficient (Wildman–Crippen LogP) is 4.15. The van der Waals surface area contributed by atoms with Crippen molar-refractivity contribution in [2.24, 2.45) is 5.92 Å². The molecule has 5 rings (SSSR count). The van der Waals surface area contributed by atoms with Crippen molar-refractivity contribution >= 4 is 28.2 Å². The summed E-state index contributed by atoms with van der Waals surface area (Å²) in [7, 11) is 0. The van der Waals surface area contributed by atoms with E-state index < -0.39 is 0 Å². The van der Waals surface area contributed by atoms with Gasteiger partial charge in [0.05, 0.1) is 11.8 Å². The number of Topliss-reactive ketones (excluding diaryl/α,β-unsaturated/α-hetero) is 1. The molecular formula is C22H21N3O4S. The fourth-order valence-corrected chi connectivity index (χ4v) is 4.97. The van der Waals surface area contributed by atoms with Crippen LogP contribution in [0.5, 0.6) is 0 Å². The SMILES string of the molecule is O=C(Nc1nc(-c2ccco2)c(C(=O)C2CCOCC2)s1)c1cnc2c(c1)CCC2. The van der Waals surface area contributed by atoms with Crippen LogP contribution in [0.15, 0.2) is 35.1 Å². The van der Waals surface area contributed by atoms with Crippen LogP contribution in [-0.4, -0.2) is 34.9 Å². The van der Waals surface area contributed by atoms with E-state index in [0.717, 1.165) is 30.5 Å². The molecule has 0 spiro atoms. The highest BCUT2D eigenvalue weighted by atomic mass is 32.1. The number of fused-ring (bicyclic) bond motifs is 1. The Hall–Kier alpha value is -2.84. The number of aryl methyl sites for hydroxylation is 2. The first-order valence-electron chi connectivity index (χ1n) is 10.1. The summed E-state index contributed by atoms with van der Waals surface area (Å²) in [6.07, 6.45) is 7.53. The lowest BCUT2D eigenvalue weighted by atomic mass is 9.94. The maximum atomic E-state index is 13.2. The van der Waals surface area contributed by atoms with Gasteiger partial charge >= 0.3 is 0 Å². The summed E-state index contributed by atoms with van der Waals surface area (Å²) >= 11 is 1.19. The highest BCUT2D eigenvalue weighted by molar-refractivity contribution is 7.18. The zero-order valence-electron chi connectivity index (χ0n) is 16.3. The second-order valence-corrected chi connectivity index (χ2v) is 8.56. The predicted molar refractivity (Wildman–Crippen MR) is 112 cm³/mol. The molecule has 2 aliphatic rings. The molecule has 0 radical (unpaired) electrons. The Balaban J connectivity index is 1.42. The average molecular weight is 423 g/mol. The van der Waals surface area contributed by atoms with Crippen LogP contribution in [0.4, 0.5) is 5.13 Å². The second-order valence-electron chi connectivity index (χ2n) is 7.56. The summed E-state index contributed by atoms with van der Waals surface area (Å²) in [6, 6.07) is 5.43. The van der Waals surface area contributed by atoms with Gasteiger partial charge in [-0.2, -0.15) is 0 Å². The van der Waals surface area contributed by atoms with E-state index in [-0.39, 0.29) is 17.6 Å². The van der Waals surface area contributed by atoms with Crippen molar-refractivity contribution in [3.05, 3.63) is 52.4 Å². The fourth-order valence-electron chi connectivity index (χ4n) is 3.99. The van der Waals surface area contributed by atoms with Gasteiger partial charge in [-0.05, 0) is 55.9 Å². The molecule has 154 valence electrons. The summed E-state index contributed by atoms with van der Waals surface area (Å²) in [6.45, 7) is 1.17. The van der Waals surface area contributed by atoms with Crippen LogP contribution in [-0.2, 0) is 17.6 Å². The molecule has 3 aromatic heterocycles. The van der Waals surface area contributed by atoms with Gasteiger partial charge in [-0.15, -0.1) is 0 Å². The second kappa shape index (κ2) is 8.12. The third kappa shape index (κ3) is 3.68. The van der Waals surface area contributed by atoms with Crippen molar-refractivity contribution in [2.45, 2.75) is 32.1 Å². The molecule has 0 saturated carbocycles. The standard InChI is InChI=1S/C22H21N3O4S/c26-19(13-6-9-28-10-7-13)20-18(17-5-2-8-29-17)24-22(30-20)25-21(27)15-11-14-3-1-4-16(14)23-12-15/h2,5,8,11-13H,1,3-4,6-7,9-10H2,(H,24,25,27). The number of carbonyl (C=O) groups is 2. The number of hydrogen-bond acceptors (Lipinski definition) is 7. The lowest BCUT2D eigenvalue weighted by Crippen LogP contribution is -2.23. The monoisotopic (exact) mass is 423 g/mol. The molecule has 0 bridgehead atoms. The van der Waals surface area contributed by atoms with E-state index in [9.17, 15) is 9.59 Å². The van der Waals surface area contributed by atoms with Gasteiger partial charge in [0, 0.05) is 31.0 Å². The van der Waals surface area contributed by atoms with E-state index in [4.69, 9.17) is 9.15 Å². The van der Waals surface area contributed by atoms with Gasteiger partial charge in [0.2, 0.25) is 0 Å². The Morgan fingerprint density at radius 1 is 1.20 bits per heavy atom. The van der Waals surface area contributed by atoms with Crippen molar-refractivity contribution in [3.8, 4) is 11.5 Å². The van der Waals surface area contributed by atoms with Gasteiger partial charge in [-0.25, -0.2) is 4.98 Å². The third-order valence-electron chi connectivity index (χ3n) is 5.60.